The van der Waals surface area contributed by atoms with Crippen molar-refractivity contribution in [1.29, 1.82) is 0 Å². The second kappa shape index (κ2) is 6.78. The molecule has 3 rings (SSSR count). The van der Waals surface area contributed by atoms with Gasteiger partial charge in [0.05, 0.1) is 24.2 Å². The molecule has 5 nitrogen and oxygen atoms in total. The van der Waals surface area contributed by atoms with Crippen molar-refractivity contribution in [2.75, 3.05) is 7.11 Å². The minimum atomic E-state index is -3.67. The molecule has 0 saturated carbocycles. The molecule has 0 aromatic heterocycles. The van der Waals surface area contributed by atoms with Gasteiger partial charge in [-0.05, 0) is 38.0 Å². The molecule has 2 atom stereocenters. The Morgan fingerprint density at radius 1 is 1.12 bits per heavy atom. The maximum Gasteiger partial charge on any atom is 0.244 e. The number of aliphatic hydroxyl groups excluding tert-OH is 1. The van der Waals surface area contributed by atoms with E-state index in [2.05, 4.69) is 0 Å². The van der Waals surface area contributed by atoms with Crippen molar-refractivity contribution in [2.45, 2.75) is 43.4 Å². The second-order valence-corrected chi connectivity index (χ2v) is 8.31. The third-order valence-corrected chi connectivity index (χ3v) is 6.79. The van der Waals surface area contributed by atoms with Crippen molar-refractivity contribution < 1.29 is 18.3 Å². The average molecular weight is 361 g/mol. The summed E-state index contributed by atoms with van der Waals surface area (Å²) in [6.45, 7) is 3.65. The molecule has 1 aliphatic rings. The lowest BCUT2D eigenvalue weighted by Crippen LogP contribution is -2.52. The van der Waals surface area contributed by atoms with Crippen LogP contribution >= 0.6 is 0 Å². The average Bonchev–Trinajstić information content (AvgIpc) is 2.59. The number of aliphatic hydroxyl groups is 1. The number of nitrogens with zero attached hydrogens (tertiary/aromatic N) is 1. The molecular weight excluding hydrogens is 338 g/mol. The van der Waals surface area contributed by atoms with Crippen LogP contribution in [0.4, 0.5) is 0 Å². The molecule has 0 amide bonds. The summed E-state index contributed by atoms with van der Waals surface area (Å²) in [5.41, 5.74) is 1.33. The highest BCUT2D eigenvalue weighted by atomic mass is 32.2. The lowest BCUT2D eigenvalue weighted by Gasteiger charge is -2.41. The Morgan fingerprint density at radius 3 is 2.44 bits per heavy atom. The first-order valence-electron chi connectivity index (χ1n) is 8.30. The van der Waals surface area contributed by atoms with Crippen LogP contribution in [-0.2, 0) is 16.4 Å². The van der Waals surface area contributed by atoms with E-state index < -0.39 is 22.2 Å². The van der Waals surface area contributed by atoms with Crippen molar-refractivity contribution in [3.05, 3.63) is 59.7 Å². The summed E-state index contributed by atoms with van der Waals surface area (Å²) in [5.74, 6) is 0.690. The Labute approximate surface area is 148 Å². The van der Waals surface area contributed by atoms with Crippen LogP contribution in [0.2, 0.25) is 0 Å². The number of hydrogen-bond acceptors (Lipinski definition) is 4. The number of para-hydroxylation sites is 1. The predicted molar refractivity (Wildman–Crippen MR) is 96.0 cm³/mol. The van der Waals surface area contributed by atoms with E-state index in [0.29, 0.717) is 17.7 Å². The summed E-state index contributed by atoms with van der Waals surface area (Å²) >= 11 is 0. The highest BCUT2D eigenvalue weighted by molar-refractivity contribution is 7.89. The van der Waals surface area contributed by atoms with Gasteiger partial charge in [0.15, 0.2) is 0 Å². The molecule has 0 saturated heterocycles. The Balaban J connectivity index is 2.11. The van der Waals surface area contributed by atoms with Gasteiger partial charge in [0.1, 0.15) is 5.75 Å². The van der Waals surface area contributed by atoms with E-state index in [1.165, 1.54) is 4.31 Å². The van der Waals surface area contributed by atoms with Gasteiger partial charge < -0.3 is 9.84 Å². The third-order valence-electron chi connectivity index (χ3n) is 4.61. The minimum Gasteiger partial charge on any atom is -0.496 e. The van der Waals surface area contributed by atoms with Gasteiger partial charge in [-0.3, -0.25) is 0 Å². The molecule has 1 N–H and O–H groups in total. The summed E-state index contributed by atoms with van der Waals surface area (Å²) in [6, 6.07) is 13.3. The van der Waals surface area contributed by atoms with Crippen molar-refractivity contribution in [1.82, 2.24) is 4.31 Å². The normalized spacial score (nSPS) is 22.6. The number of benzene rings is 2. The molecule has 0 bridgehead atoms. The van der Waals surface area contributed by atoms with E-state index >= 15 is 0 Å². The van der Waals surface area contributed by atoms with Crippen molar-refractivity contribution in [3.63, 3.8) is 0 Å². The Kier molecular flexibility index (Phi) is 4.86. The number of ether oxygens (including phenoxy) is 1. The van der Waals surface area contributed by atoms with Gasteiger partial charge in [0.2, 0.25) is 10.0 Å². The molecule has 6 heteroatoms. The third kappa shape index (κ3) is 3.05. The zero-order chi connectivity index (χ0) is 18.2. The highest BCUT2D eigenvalue weighted by Gasteiger charge is 2.44. The largest absolute Gasteiger partial charge is 0.496 e. The monoisotopic (exact) mass is 361 g/mol. The predicted octanol–water partition coefficient (Wildman–Crippen LogP) is 2.75. The molecule has 1 heterocycles. The van der Waals surface area contributed by atoms with Crippen LogP contribution in [0.1, 0.15) is 31.1 Å². The fraction of sp³-hybridized carbons (Fsp3) is 0.368. The van der Waals surface area contributed by atoms with Gasteiger partial charge >= 0.3 is 0 Å². The van der Waals surface area contributed by atoms with Gasteiger partial charge in [0.25, 0.3) is 0 Å². The molecule has 2 aromatic rings. The first-order chi connectivity index (χ1) is 11.9. The summed E-state index contributed by atoms with van der Waals surface area (Å²) < 4.78 is 33.1. The summed E-state index contributed by atoms with van der Waals surface area (Å²) in [7, 11) is -2.09. The smallest absolute Gasteiger partial charge is 0.244 e. The van der Waals surface area contributed by atoms with Crippen LogP contribution in [0.25, 0.3) is 0 Å². The fourth-order valence-corrected chi connectivity index (χ4v) is 5.62. The van der Waals surface area contributed by atoms with Crippen molar-refractivity contribution in [2.24, 2.45) is 0 Å². The summed E-state index contributed by atoms with van der Waals surface area (Å²) in [6.07, 6.45) is -0.524. The maximum atomic E-state index is 13.1. The molecule has 0 aliphatic carbocycles. The molecule has 1 aliphatic heterocycles. The molecule has 0 fully saturated rings. The van der Waals surface area contributed by atoms with E-state index in [0.717, 1.165) is 5.56 Å². The lowest BCUT2D eigenvalue weighted by molar-refractivity contribution is 0.0682. The van der Waals surface area contributed by atoms with E-state index in [1.807, 2.05) is 38.1 Å². The molecule has 0 spiro atoms. The van der Waals surface area contributed by atoms with Crippen LogP contribution in [0.5, 0.6) is 5.75 Å². The van der Waals surface area contributed by atoms with Gasteiger partial charge in [-0.15, -0.1) is 0 Å². The zero-order valence-corrected chi connectivity index (χ0v) is 15.4. The number of sulfonamides is 1. The molecule has 2 aromatic carbocycles. The topological polar surface area (TPSA) is 66.8 Å². The standard InChI is InChI=1S/C19H23NO4S/c1-13(2)20-16(12-14-8-4-6-10-17(14)24-3)19(21)15-9-5-7-11-18(15)25(20,22)23/h4-11,13,16,19,21H,12H2,1-3H3/t16-,19+/m1/s1. The quantitative estimate of drug-likeness (QED) is 0.909. The Bertz CT molecular complexity index is 863. The van der Waals surface area contributed by atoms with Crippen LogP contribution in [-0.4, -0.2) is 37.0 Å². The number of hydrogen-bond donors (Lipinski definition) is 1. The van der Waals surface area contributed by atoms with Crippen LogP contribution in [0, 0.1) is 0 Å². The summed E-state index contributed by atoms with van der Waals surface area (Å²) in [4.78, 5) is 0.187. The Hall–Kier alpha value is -1.89. The molecular formula is C19H23NO4S. The van der Waals surface area contributed by atoms with Gasteiger partial charge in [-0.2, -0.15) is 4.31 Å². The van der Waals surface area contributed by atoms with E-state index in [4.69, 9.17) is 4.74 Å². The maximum absolute atomic E-state index is 13.1. The van der Waals surface area contributed by atoms with Crippen molar-refractivity contribution in [3.8, 4) is 5.75 Å². The van der Waals surface area contributed by atoms with E-state index in [1.54, 1.807) is 31.4 Å². The van der Waals surface area contributed by atoms with E-state index in [-0.39, 0.29) is 10.9 Å². The SMILES string of the molecule is COc1ccccc1C[C@@H]1[C@@H](O)c2ccccc2S(=O)(=O)N1C(C)C. The van der Waals surface area contributed by atoms with Gasteiger partial charge in [-0.1, -0.05) is 36.4 Å². The zero-order valence-electron chi connectivity index (χ0n) is 14.6. The van der Waals surface area contributed by atoms with Crippen LogP contribution in [0.3, 0.4) is 0 Å². The molecule has 0 unspecified atom stereocenters. The Morgan fingerprint density at radius 2 is 1.76 bits per heavy atom. The fourth-order valence-electron chi connectivity index (χ4n) is 3.56. The van der Waals surface area contributed by atoms with E-state index in [9.17, 15) is 13.5 Å². The minimum absolute atomic E-state index is 0.187. The second-order valence-electron chi connectivity index (χ2n) is 6.49. The summed E-state index contributed by atoms with van der Waals surface area (Å²) in [5, 5.41) is 11.0. The lowest BCUT2D eigenvalue weighted by atomic mass is 9.94. The molecule has 0 radical (unpaired) electrons. The van der Waals surface area contributed by atoms with Crippen LogP contribution in [0.15, 0.2) is 53.4 Å². The van der Waals surface area contributed by atoms with Crippen molar-refractivity contribution >= 4 is 10.0 Å². The molecule has 25 heavy (non-hydrogen) atoms. The van der Waals surface area contributed by atoms with Crippen LogP contribution < -0.4 is 4.74 Å². The number of fused-ring (bicyclic) bond motifs is 1. The van der Waals surface area contributed by atoms with Gasteiger partial charge in [-0.25, -0.2) is 8.42 Å². The number of rotatable bonds is 4. The highest BCUT2D eigenvalue weighted by Crippen LogP contribution is 2.39. The molecule has 134 valence electrons. The number of methoxy groups -OCH3 is 1. The first kappa shape index (κ1) is 17.9. The first-order valence-corrected chi connectivity index (χ1v) is 9.74. The van der Waals surface area contributed by atoms with Gasteiger partial charge in [0, 0.05) is 11.6 Å².